The van der Waals surface area contributed by atoms with Crippen molar-refractivity contribution in [1.82, 2.24) is 10.2 Å². The first-order valence-corrected chi connectivity index (χ1v) is 6.72. The van der Waals surface area contributed by atoms with E-state index in [2.05, 4.69) is 5.32 Å². The highest BCUT2D eigenvalue weighted by Gasteiger charge is 2.33. The maximum Gasteiger partial charge on any atom is 0.329 e. The molecule has 0 saturated carbocycles. The van der Waals surface area contributed by atoms with E-state index in [0.717, 1.165) is 5.56 Å². The zero-order chi connectivity index (χ0) is 16.0. The average molecular weight is 294 g/mol. The van der Waals surface area contributed by atoms with E-state index in [9.17, 15) is 14.7 Å². The highest BCUT2D eigenvalue weighted by Crippen LogP contribution is 2.15. The fourth-order valence-corrected chi connectivity index (χ4v) is 1.74. The minimum atomic E-state index is -1.26. The summed E-state index contributed by atoms with van der Waals surface area (Å²) < 4.78 is 5.13. The van der Waals surface area contributed by atoms with Crippen LogP contribution in [-0.2, 0) is 11.3 Å². The Kier molecular flexibility index (Phi) is 5.58. The first-order chi connectivity index (χ1) is 9.82. The van der Waals surface area contributed by atoms with Crippen molar-refractivity contribution >= 4 is 12.0 Å². The first kappa shape index (κ1) is 16.8. The molecule has 0 spiro atoms. The van der Waals surface area contributed by atoms with E-state index in [1.165, 1.54) is 11.8 Å². The molecule has 1 aromatic carbocycles. The Morgan fingerprint density at radius 2 is 2.10 bits per heavy atom. The van der Waals surface area contributed by atoms with Gasteiger partial charge in [-0.1, -0.05) is 19.1 Å². The SMILES string of the molecule is CCC(C)(NC(=O)N(C)Cc1cccc(OC)c1)C(=O)O. The second kappa shape index (κ2) is 6.97. The molecule has 0 heterocycles. The molecule has 0 aliphatic rings. The fraction of sp³-hybridized carbons (Fsp3) is 0.467. The highest BCUT2D eigenvalue weighted by molar-refractivity contribution is 5.85. The predicted octanol–water partition coefficient (Wildman–Crippen LogP) is 2.09. The van der Waals surface area contributed by atoms with E-state index in [1.807, 2.05) is 24.3 Å². The van der Waals surface area contributed by atoms with Crippen molar-refractivity contribution in [2.45, 2.75) is 32.4 Å². The number of carbonyl (C=O) groups excluding carboxylic acids is 1. The lowest BCUT2D eigenvalue weighted by Gasteiger charge is -2.28. The van der Waals surface area contributed by atoms with E-state index < -0.39 is 17.5 Å². The minimum Gasteiger partial charge on any atom is -0.497 e. The maximum atomic E-state index is 12.1. The number of nitrogens with one attached hydrogen (secondary N) is 1. The lowest BCUT2D eigenvalue weighted by molar-refractivity contribution is -0.143. The molecule has 6 heteroatoms. The van der Waals surface area contributed by atoms with Crippen LogP contribution in [0.1, 0.15) is 25.8 Å². The molecule has 0 saturated heterocycles. The number of hydrogen-bond donors (Lipinski definition) is 2. The largest absolute Gasteiger partial charge is 0.497 e. The van der Waals surface area contributed by atoms with Gasteiger partial charge in [-0.3, -0.25) is 0 Å². The number of hydrogen-bond acceptors (Lipinski definition) is 3. The number of benzene rings is 1. The Morgan fingerprint density at radius 1 is 1.43 bits per heavy atom. The van der Waals surface area contributed by atoms with Gasteiger partial charge in [-0.05, 0) is 31.0 Å². The van der Waals surface area contributed by atoms with Crippen molar-refractivity contribution in [3.8, 4) is 5.75 Å². The molecular weight excluding hydrogens is 272 g/mol. The molecule has 0 aliphatic carbocycles. The van der Waals surface area contributed by atoms with Gasteiger partial charge < -0.3 is 20.1 Å². The maximum absolute atomic E-state index is 12.1. The van der Waals surface area contributed by atoms with Crippen molar-refractivity contribution < 1.29 is 19.4 Å². The van der Waals surface area contributed by atoms with Crippen LogP contribution in [0.4, 0.5) is 4.79 Å². The number of aliphatic carboxylic acids is 1. The molecule has 21 heavy (non-hydrogen) atoms. The molecule has 0 fully saturated rings. The summed E-state index contributed by atoms with van der Waals surface area (Å²) in [6, 6.07) is 6.95. The summed E-state index contributed by atoms with van der Waals surface area (Å²) >= 11 is 0. The van der Waals surface area contributed by atoms with Crippen molar-refractivity contribution in [3.05, 3.63) is 29.8 Å². The Hall–Kier alpha value is -2.24. The van der Waals surface area contributed by atoms with Gasteiger partial charge in [-0.25, -0.2) is 9.59 Å². The van der Waals surface area contributed by atoms with Crippen LogP contribution in [0.25, 0.3) is 0 Å². The lowest BCUT2D eigenvalue weighted by atomic mass is 10.00. The molecule has 116 valence electrons. The van der Waals surface area contributed by atoms with Gasteiger partial charge >= 0.3 is 12.0 Å². The smallest absolute Gasteiger partial charge is 0.329 e. The van der Waals surface area contributed by atoms with Gasteiger partial charge in [0.05, 0.1) is 7.11 Å². The van der Waals surface area contributed by atoms with E-state index in [0.29, 0.717) is 18.7 Å². The first-order valence-electron chi connectivity index (χ1n) is 6.72. The average Bonchev–Trinajstić information content (AvgIpc) is 2.46. The number of methoxy groups -OCH3 is 1. The van der Waals surface area contributed by atoms with Crippen LogP contribution < -0.4 is 10.1 Å². The molecule has 0 radical (unpaired) electrons. The van der Waals surface area contributed by atoms with Crippen LogP contribution in [0.2, 0.25) is 0 Å². The van der Waals surface area contributed by atoms with Gasteiger partial charge in [-0.15, -0.1) is 0 Å². The number of urea groups is 1. The summed E-state index contributed by atoms with van der Waals surface area (Å²) in [5, 5.41) is 11.7. The quantitative estimate of drug-likeness (QED) is 0.842. The molecular formula is C15H22N2O4. The standard InChI is InChI=1S/C15H22N2O4/c1-5-15(2,13(18)19)16-14(20)17(3)10-11-7-6-8-12(9-11)21-4/h6-9H,5,10H2,1-4H3,(H,16,20)(H,18,19). The van der Waals surface area contributed by atoms with Gasteiger partial charge in [0.15, 0.2) is 0 Å². The molecule has 1 atom stereocenters. The van der Waals surface area contributed by atoms with E-state index in [4.69, 9.17) is 4.74 Å². The van der Waals surface area contributed by atoms with Crippen molar-refractivity contribution in [2.24, 2.45) is 0 Å². The highest BCUT2D eigenvalue weighted by atomic mass is 16.5. The summed E-state index contributed by atoms with van der Waals surface area (Å²) in [7, 11) is 3.20. The summed E-state index contributed by atoms with van der Waals surface area (Å²) in [4.78, 5) is 24.7. The minimum absolute atomic E-state index is 0.307. The van der Waals surface area contributed by atoms with Crippen LogP contribution in [0, 0.1) is 0 Å². The number of carbonyl (C=O) groups is 2. The number of amides is 2. The van der Waals surface area contributed by atoms with Crippen LogP contribution in [0.15, 0.2) is 24.3 Å². The monoisotopic (exact) mass is 294 g/mol. The normalized spacial score (nSPS) is 13.1. The number of nitrogens with zero attached hydrogens (tertiary/aromatic N) is 1. The summed E-state index contributed by atoms with van der Waals surface area (Å²) in [5.41, 5.74) is -0.361. The van der Waals surface area contributed by atoms with Gasteiger partial charge in [0.1, 0.15) is 11.3 Å². The van der Waals surface area contributed by atoms with Gasteiger partial charge in [-0.2, -0.15) is 0 Å². The molecule has 1 rings (SSSR count). The Morgan fingerprint density at radius 3 is 2.62 bits per heavy atom. The molecule has 0 bridgehead atoms. The second-order valence-electron chi connectivity index (χ2n) is 5.13. The third-order valence-corrected chi connectivity index (χ3v) is 3.46. The van der Waals surface area contributed by atoms with Gasteiger partial charge in [0.2, 0.25) is 0 Å². The molecule has 6 nitrogen and oxygen atoms in total. The summed E-state index contributed by atoms with van der Waals surface area (Å²) in [6.07, 6.45) is 0.307. The molecule has 1 unspecified atom stereocenters. The Labute approximate surface area is 124 Å². The lowest BCUT2D eigenvalue weighted by Crippen LogP contribution is -2.54. The van der Waals surface area contributed by atoms with Gasteiger partial charge in [0, 0.05) is 13.6 Å². The number of carboxylic acid groups (broad SMARTS) is 1. The zero-order valence-electron chi connectivity index (χ0n) is 12.8. The molecule has 1 aromatic rings. The van der Waals surface area contributed by atoms with Crippen LogP contribution in [0.5, 0.6) is 5.75 Å². The topological polar surface area (TPSA) is 78.9 Å². The summed E-state index contributed by atoms with van der Waals surface area (Å²) in [6.45, 7) is 3.57. The molecule has 2 amide bonds. The number of rotatable bonds is 6. The number of carboxylic acids is 1. The van der Waals surface area contributed by atoms with Crippen LogP contribution in [0.3, 0.4) is 0 Å². The Bertz CT molecular complexity index is 518. The Balaban J connectivity index is 2.72. The third-order valence-electron chi connectivity index (χ3n) is 3.46. The van der Waals surface area contributed by atoms with Crippen LogP contribution in [-0.4, -0.2) is 41.7 Å². The van der Waals surface area contributed by atoms with E-state index in [1.54, 1.807) is 21.1 Å². The fourth-order valence-electron chi connectivity index (χ4n) is 1.74. The molecule has 2 N–H and O–H groups in total. The van der Waals surface area contributed by atoms with Crippen molar-refractivity contribution in [3.63, 3.8) is 0 Å². The summed E-state index contributed by atoms with van der Waals surface area (Å²) in [5.74, 6) is -0.335. The molecule has 0 aromatic heterocycles. The van der Waals surface area contributed by atoms with Crippen LogP contribution >= 0.6 is 0 Å². The number of ether oxygens (including phenoxy) is 1. The predicted molar refractivity (Wildman–Crippen MR) is 79.3 cm³/mol. The third kappa shape index (κ3) is 4.37. The van der Waals surface area contributed by atoms with Crippen molar-refractivity contribution in [2.75, 3.05) is 14.2 Å². The van der Waals surface area contributed by atoms with E-state index >= 15 is 0 Å². The van der Waals surface area contributed by atoms with Crippen molar-refractivity contribution in [1.29, 1.82) is 0 Å². The van der Waals surface area contributed by atoms with E-state index in [-0.39, 0.29) is 0 Å². The molecule has 0 aliphatic heterocycles. The zero-order valence-corrected chi connectivity index (χ0v) is 12.8. The second-order valence-corrected chi connectivity index (χ2v) is 5.13. The van der Waals surface area contributed by atoms with Gasteiger partial charge in [0.25, 0.3) is 0 Å².